The number of piperidine rings is 1. The highest BCUT2D eigenvalue weighted by atomic mass is 16.5. The van der Waals surface area contributed by atoms with Crippen LogP contribution < -0.4 is 10.6 Å². The standard InChI is InChI=1S/C14H29N3O2/c1-5-15-13-6-7-17(8-11(13)2)9-14(18)16-12(3)10-19-4/h11-13,15H,5-10H2,1-4H3,(H,16,18). The van der Waals surface area contributed by atoms with Crippen molar-refractivity contribution in [2.24, 2.45) is 5.92 Å². The average molecular weight is 271 g/mol. The summed E-state index contributed by atoms with van der Waals surface area (Å²) in [6.07, 6.45) is 1.12. The summed E-state index contributed by atoms with van der Waals surface area (Å²) in [5, 5.41) is 6.47. The maximum absolute atomic E-state index is 11.9. The number of nitrogens with one attached hydrogen (secondary N) is 2. The van der Waals surface area contributed by atoms with E-state index in [1.165, 1.54) is 0 Å². The van der Waals surface area contributed by atoms with E-state index in [0.29, 0.717) is 25.1 Å². The Hall–Kier alpha value is -0.650. The second-order valence-electron chi connectivity index (χ2n) is 5.59. The first-order valence-electron chi connectivity index (χ1n) is 7.30. The summed E-state index contributed by atoms with van der Waals surface area (Å²) < 4.78 is 5.02. The Balaban J connectivity index is 2.29. The molecule has 0 aromatic carbocycles. The third-order valence-electron chi connectivity index (χ3n) is 3.65. The molecule has 1 amide bonds. The van der Waals surface area contributed by atoms with Gasteiger partial charge in [0.15, 0.2) is 0 Å². The molecule has 0 aromatic rings. The van der Waals surface area contributed by atoms with E-state index < -0.39 is 0 Å². The molecular formula is C14H29N3O2. The first-order chi connectivity index (χ1) is 9.06. The van der Waals surface area contributed by atoms with E-state index in [9.17, 15) is 4.79 Å². The summed E-state index contributed by atoms with van der Waals surface area (Å²) in [4.78, 5) is 14.1. The summed E-state index contributed by atoms with van der Waals surface area (Å²) in [7, 11) is 1.65. The molecule has 0 bridgehead atoms. The van der Waals surface area contributed by atoms with Crippen molar-refractivity contribution in [1.82, 2.24) is 15.5 Å². The zero-order chi connectivity index (χ0) is 14.3. The molecule has 1 fully saturated rings. The van der Waals surface area contributed by atoms with Gasteiger partial charge in [-0.3, -0.25) is 9.69 Å². The minimum atomic E-state index is 0.0780. The van der Waals surface area contributed by atoms with Crippen molar-refractivity contribution in [1.29, 1.82) is 0 Å². The lowest BCUT2D eigenvalue weighted by atomic mass is 9.94. The number of methoxy groups -OCH3 is 1. The molecule has 0 radical (unpaired) electrons. The molecule has 0 aliphatic carbocycles. The second kappa shape index (κ2) is 8.51. The Morgan fingerprint density at radius 2 is 2.26 bits per heavy atom. The Labute approximate surface area is 117 Å². The van der Waals surface area contributed by atoms with Gasteiger partial charge in [-0.25, -0.2) is 0 Å². The van der Waals surface area contributed by atoms with Crippen LogP contribution in [0.5, 0.6) is 0 Å². The summed E-state index contributed by atoms with van der Waals surface area (Å²) in [5.41, 5.74) is 0. The predicted octanol–water partition coefficient (Wildman–Crippen LogP) is 0.457. The molecular weight excluding hydrogens is 242 g/mol. The molecule has 0 spiro atoms. The van der Waals surface area contributed by atoms with Crippen molar-refractivity contribution >= 4 is 5.91 Å². The molecule has 1 heterocycles. The van der Waals surface area contributed by atoms with Crippen LogP contribution >= 0.6 is 0 Å². The quantitative estimate of drug-likeness (QED) is 0.706. The van der Waals surface area contributed by atoms with Crippen LogP contribution in [-0.4, -0.2) is 62.8 Å². The smallest absolute Gasteiger partial charge is 0.234 e. The maximum atomic E-state index is 11.9. The summed E-state index contributed by atoms with van der Waals surface area (Å²) >= 11 is 0. The molecule has 3 unspecified atom stereocenters. The fourth-order valence-electron chi connectivity index (χ4n) is 2.76. The lowest BCUT2D eigenvalue weighted by molar-refractivity contribution is -0.123. The SMILES string of the molecule is CCNC1CCN(CC(=O)NC(C)COC)CC1C. The first kappa shape index (κ1) is 16.4. The highest BCUT2D eigenvalue weighted by Crippen LogP contribution is 2.16. The summed E-state index contributed by atoms with van der Waals surface area (Å²) in [5.74, 6) is 0.691. The van der Waals surface area contributed by atoms with Gasteiger partial charge in [0.1, 0.15) is 0 Å². The largest absolute Gasteiger partial charge is 0.383 e. The Kier molecular flexibility index (Phi) is 7.34. The third kappa shape index (κ3) is 5.89. The number of carbonyl (C=O) groups is 1. The number of rotatable bonds is 7. The van der Waals surface area contributed by atoms with Crippen LogP contribution in [0.3, 0.4) is 0 Å². The van der Waals surface area contributed by atoms with Crippen molar-refractivity contribution in [2.75, 3.05) is 39.9 Å². The average Bonchev–Trinajstić information content (AvgIpc) is 2.32. The van der Waals surface area contributed by atoms with Crippen LogP contribution in [0.25, 0.3) is 0 Å². The second-order valence-corrected chi connectivity index (χ2v) is 5.59. The predicted molar refractivity (Wildman–Crippen MR) is 77.2 cm³/mol. The molecule has 2 N–H and O–H groups in total. The molecule has 112 valence electrons. The van der Waals surface area contributed by atoms with E-state index >= 15 is 0 Å². The van der Waals surface area contributed by atoms with Crippen LogP contribution in [0.15, 0.2) is 0 Å². The van der Waals surface area contributed by atoms with Gasteiger partial charge in [-0.2, -0.15) is 0 Å². The van der Waals surface area contributed by atoms with Gasteiger partial charge in [-0.1, -0.05) is 13.8 Å². The van der Waals surface area contributed by atoms with Gasteiger partial charge < -0.3 is 15.4 Å². The van der Waals surface area contributed by atoms with Gasteiger partial charge in [-0.15, -0.1) is 0 Å². The van der Waals surface area contributed by atoms with Crippen LogP contribution in [0.4, 0.5) is 0 Å². The van der Waals surface area contributed by atoms with E-state index in [0.717, 1.165) is 26.1 Å². The van der Waals surface area contributed by atoms with Gasteiger partial charge in [0.2, 0.25) is 5.91 Å². The van der Waals surface area contributed by atoms with E-state index in [4.69, 9.17) is 4.74 Å². The molecule has 1 rings (SSSR count). The lowest BCUT2D eigenvalue weighted by Gasteiger charge is -2.37. The fourth-order valence-corrected chi connectivity index (χ4v) is 2.76. The molecule has 5 nitrogen and oxygen atoms in total. The third-order valence-corrected chi connectivity index (χ3v) is 3.65. The normalized spacial score (nSPS) is 26.1. The van der Waals surface area contributed by atoms with E-state index in [1.807, 2.05) is 6.92 Å². The van der Waals surface area contributed by atoms with Crippen LogP contribution in [0.2, 0.25) is 0 Å². The van der Waals surface area contributed by atoms with E-state index in [2.05, 4.69) is 29.4 Å². The molecule has 0 saturated carbocycles. The van der Waals surface area contributed by atoms with Crippen molar-refractivity contribution < 1.29 is 9.53 Å². The van der Waals surface area contributed by atoms with Gasteiger partial charge >= 0.3 is 0 Å². The number of carbonyl (C=O) groups excluding carboxylic acids is 1. The topological polar surface area (TPSA) is 53.6 Å². The van der Waals surface area contributed by atoms with Crippen molar-refractivity contribution in [3.05, 3.63) is 0 Å². The minimum Gasteiger partial charge on any atom is -0.383 e. The van der Waals surface area contributed by atoms with Gasteiger partial charge in [0, 0.05) is 32.3 Å². The molecule has 1 aliphatic heterocycles. The van der Waals surface area contributed by atoms with Gasteiger partial charge in [0.25, 0.3) is 0 Å². The molecule has 0 aromatic heterocycles. The summed E-state index contributed by atoms with van der Waals surface area (Å²) in [6.45, 7) is 10.4. The van der Waals surface area contributed by atoms with Crippen LogP contribution in [-0.2, 0) is 9.53 Å². The Morgan fingerprint density at radius 1 is 1.53 bits per heavy atom. The van der Waals surface area contributed by atoms with Crippen molar-refractivity contribution in [2.45, 2.75) is 39.3 Å². The highest BCUT2D eigenvalue weighted by molar-refractivity contribution is 5.78. The first-order valence-corrected chi connectivity index (χ1v) is 7.30. The zero-order valence-corrected chi connectivity index (χ0v) is 12.7. The number of hydrogen-bond acceptors (Lipinski definition) is 4. The Bertz CT molecular complexity index is 273. The molecule has 3 atom stereocenters. The molecule has 5 heteroatoms. The molecule has 1 saturated heterocycles. The number of hydrogen-bond donors (Lipinski definition) is 2. The number of ether oxygens (including phenoxy) is 1. The molecule has 1 aliphatic rings. The van der Waals surface area contributed by atoms with Crippen molar-refractivity contribution in [3.8, 4) is 0 Å². The maximum Gasteiger partial charge on any atom is 0.234 e. The minimum absolute atomic E-state index is 0.0780. The van der Waals surface area contributed by atoms with Gasteiger partial charge in [-0.05, 0) is 25.8 Å². The lowest BCUT2D eigenvalue weighted by Crippen LogP contribution is -2.51. The van der Waals surface area contributed by atoms with Crippen LogP contribution in [0.1, 0.15) is 27.2 Å². The number of likely N-dealkylation sites (tertiary alicyclic amines) is 1. The summed E-state index contributed by atoms with van der Waals surface area (Å²) in [6, 6.07) is 0.672. The zero-order valence-electron chi connectivity index (χ0n) is 12.7. The van der Waals surface area contributed by atoms with E-state index in [-0.39, 0.29) is 11.9 Å². The number of amides is 1. The van der Waals surface area contributed by atoms with Gasteiger partial charge in [0.05, 0.1) is 13.2 Å². The van der Waals surface area contributed by atoms with E-state index in [1.54, 1.807) is 7.11 Å². The van der Waals surface area contributed by atoms with Crippen LogP contribution in [0, 0.1) is 5.92 Å². The molecule has 19 heavy (non-hydrogen) atoms. The monoisotopic (exact) mass is 271 g/mol. The number of nitrogens with zero attached hydrogens (tertiary/aromatic N) is 1. The van der Waals surface area contributed by atoms with Crippen molar-refractivity contribution in [3.63, 3.8) is 0 Å². The highest BCUT2D eigenvalue weighted by Gasteiger charge is 2.26. The fraction of sp³-hybridized carbons (Fsp3) is 0.929. The Morgan fingerprint density at radius 3 is 2.84 bits per heavy atom.